The van der Waals surface area contributed by atoms with Gasteiger partial charge in [0.05, 0.1) is 6.10 Å². The molecule has 1 atom stereocenters. The summed E-state index contributed by atoms with van der Waals surface area (Å²) in [4.78, 5) is 0. The highest BCUT2D eigenvalue weighted by Crippen LogP contribution is 2.07. The third-order valence-electron chi connectivity index (χ3n) is 5.08. The molecule has 0 aliphatic heterocycles. The molecule has 0 radical (unpaired) electrons. The average Bonchev–Trinajstić information content (AvgIpc) is 2.78. The number of rotatable bonds is 14. The molecule has 0 aromatic heterocycles. The van der Waals surface area contributed by atoms with Crippen LogP contribution in [0.5, 0.6) is 0 Å². The molecule has 1 unspecified atom stereocenters. The molecule has 0 saturated heterocycles. The second kappa shape index (κ2) is 18.2. The van der Waals surface area contributed by atoms with Gasteiger partial charge in [-0.3, -0.25) is 0 Å². The van der Waals surface area contributed by atoms with E-state index in [0.29, 0.717) is 13.0 Å². The quantitative estimate of drug-likeness (QED) is 0.351. The maximum absolute atomic E-state index is 9.33. The summed E-state index contributed by atoms with van der Waals surface area (Å²) >= 11 is 0. The molecule has 2 rings (SSSR count). The standard InChI is InChI=1S/C16H19BO2.C10H23N/c1-14(18)12-13-19-17(15-8-4-2-5-9-15)16-10-6-3-7-11-16;1-2-3-4-5-6-7-8-9-10-11/h2-11,14,18H,12-13H2,1H3;2-11H2,1H3. The minimum atomic E-state index is -0.327. The Morgan fingerprint density at radius 2 is 1.27 bits per heavy atom. The van der Waals surface area contributed by atoms with Crippen LogP contribution in [0.3, 0.4) is 0 Å². The van der Waals surface area contributed by atoms with Gasteiger partial charge in [0.15, 0.2) is 0 Å². The first-order chi connectivity index (χ1) is 14.7. The van der Waals surface area contributed by atoms with Crippen molar-refractivity contribution in [2.45, 2.75) is 77.7 Å². The molecule has 0 heterocycles. The van der Waals surface area contributed by atoms with Gasteiger partial charge in [0.1, 0.15) is 0 Å². The van der Waals surface area contributed by atoms with E-state index in [1.807, 2.05) is 36.4 Å². The van der Waals surface area contributed by atoms with Crippen LogP contribution >= 0.6 is 0 Å². The van der Waals surface area contributed by atoms with Crippen molar-refractivity contribution in [2.75, 3.05) is 13.2 Å². The lowest BCUT2D eigenvalue weighted by Gasteiger charge is -2.16. The van der Waals surface area contributed by atoms with Gasteiger partial charge in [-0.2, -0.15) is 0 Å². The van der Waals surface area contributed by atoms with Crippen molar-refractivity contribution in [3.63, 3.8) is 0 Å². The first kappa shape index (κ1) is 26.4. The third kappa shape index (κ3) is 12.8. The molecular formula is C26H42BNO2. The maximum atomic E-state index is 9.33. The molecule has 4 heteroatoms. The van der Waals surface area contributed by atoms with Crippen LogP contribution in [0, 0.1) is 0 Å². The molecule has 3 N–H and O–H groups in total. The molecule has 30 heavy (non-hydrogen) atoms. The Labute approximate surface area is 185 Å². The summed E-state index contributed by atoms with van der Waals surface area (Å²) in [6.45, 7) is 5.39. The highest BCUT2D eigenvalue weighted by Gasteiger charge is 2.20. The molecule has 166 valence electrons. The Morgan fingerprint density at radius 1 is 0.800 bits per heavy atom. The summed E-state index contributed by atoms with van der Waals surface area (Å²) in [6.07, 6.45) is 11.3. The maximum Gasteiger partial charge on any atom is 0.361 e. The van der Waals surface area contributed by atoms with Gasteiger partial charge in [-0.05, 0) is 37.2 Å². The van der Waals surface area contributed by atoms with E-state index in [2.05, 4.69) is 31.2 Å². The van der Waals surface area contributed by atoms with E-state index >= 15 is 0 Å². The zero-order valence-corrected chi connectivity index (χ0v) is 19.1. The number of nitrogens with two attached hydrogens (primary N) is 1. The predicted molar refractivity (Wildman–Crippen MR) is 132 cm³/mol. The fourth-order valence-corrected chi connectivity index (χ4v) is 3.28. The molecule has 0 amide bonds. The molecule has 0 aliphatic rings. The van der Waals surface area contributed by atoms with Crippen LogP contribution in [0.25, 0.3) is 0 Å². The highest BCUT2D eigenvalue weighted by atomic mass is 16.4. The van der Waals surface area contributed by atoms with E-state index in [-0.39, 0.29) is 13.0 Å². The van der Waals surface area contributed by atoms with Crippen LogP contribution < -0.4 is 16.7 Å². The monoisotopic (exact) mass is 411 g/mol. The Kier molecular flexibility index (Phi) is 16.0. The van der Waals surface area contributed by atoms with Crippen LogP contribution in [-0.4, -0.2) is 31.3 Å². The molecule has 0 aliphatic carbocycles. The minimum absolute atomic E-state index is 0.0684. The Hall–Kier alpha value is -1.62. The Morgan fingerprint density at radius 3 is 1.70 bits per heavy atom. The number of hydrogen-bond acceptors (Lipinski definition) is 3. The Bertz CT molecular complexity index is 559. The van der Waals surface area contributed by atoms with Crippen molar-refractivity contribution in [3.05, 3.63) is 60.7 Å². The average molecular weight is 411 g/mol. The van der Waals surface area contributed by atoms with Gasteiger partial charge in [-0.25, -0.2) is 0 Å². The topological polar surface area (TPSA) is 55.5 Å². The predicted octanol–water partition coefficient (Wildman–Crippen LogP) is 4.67. The van der Waals surface area contributed by atoms with Gasteiger partial charge in [0, 0.05) is 6.61 Å². The molecule has 3 nitrogen and oxygen atoms in total. The second-order valence-corrected chi connectivity index (χ2v) is 7.97. The van der Waals surface area contributed by atoms with Gasteiger partial charge in [-0.15, -0.1) is 0 Å². The smallest absolute Gasteiger partial charge is 0.361 e. The second-order valence-electron chi connectivity index (χ2n) is 7.97. The molecule has 0 saturated carbocycles. The lowest BCUT2D eigenvalue weighted by Crippen LogP contribution is -2.45. The van der Waals surface area contributed by atoms with E-state index in [1.54, 1.807) is 6.92 Å². The Balaban J connectivity index is 0.000000352. The number of aliphatic hydroxyl groups is 1. The van der Waals surface area contributed by atoms with Crippen molar-refractivity contribution in [1.29, 1.82) is 0 Å². The van der Waals surface area contributed by atoms with Gasteiger partial charge < -0.3 is 15.5 Å². The van der Waals surface area contributed by atoms with E-state index in [1.165, 1.54) is 51.4 Å². The number of unbranched alkanes of at least 4 members (excludes halogenated alkanes) is 7. The summed E-state index contributed by atoms with van der Waals surface area (Å²) in [5.74, 6) is 0. The third-order valence-corrected chi connectivity index (χ3v) is 5.08. The van der Waals surface area contributed by atoms with Crippen molar-refractivity contribution >= 4 is 17.8 Å². The van der Waals surface area contributed by atoms with Crippen molar-refractivity contribution < 1.29 is 9.76 Å². The van der Waals surface area contributed by atoms with E-state index in [4.69, 9.17) is 10.4 Å². The molecule has 0 bridgehead atoms. The number of hydrogen-bond donors (Lipinski definition) is 2. The van der Waals surface area contributed by atoms with Gasteiger partial charge in [-0.1, -0.05) is 113 Å². The fraction of sp³-hybridized carbons (Fsp3) is 0.538. The molecule has 0 spiro atoms. The summed E-state index contributed by atoms with van der Waals surface area (Å²) < 4.78 is 5.97. The molecular weight excluding hydrogens is 369 g/mol. The van der Waals surface area contributed by atoms with Crippen LogP contribution in [0.1, 0.15) is 71.6 Å². The first-order valence-electron chi connectivity index (χ1n) is 11.8. The summed E-state index contributed by atoms with van der Waals surface area (Å²) in [7, 11) is 0. The summed E-state index contributed by atoms with van der Waals surface area (Å²) in [5, 5.41) is 9.33. The van der Waals surface area contributed by atoms with Crippen LogP contribution in [-0.2, 0) is 4.65 Å². The van der Waals surface area contributed by atoms with E-state index in [9.17, 15) is 5.11 Å². The van der Waals surface area contributed by atoms with Crippen molar-refractivity contribution in [1.82, 2.24) is 0 Å². The summed E-state index contributed by atoms with van der Waals surface area (Å²) in [6, 6.07) is 20.3. The van der Waals surface area contributed by atoms with Crippen LogP contribution in [0.15, 0.2) is 60.7 Å². The van der Waals surface area contributed by atoms with Gasteiger partial charge >= 0.3 is 6.92 Å². The van der Waals surface area contributed by atoms with E-state index in [0.717, 1.165) is 17.5 Å². The SMILES string of the molecule is CC(O)CCOB(c1ccccc1)c1ccccc1.CCCCCCCCCCN. The van der Waals surface area contributed by atoms with E-state index < -0.39 is 0 Å². The van der Waals surface area contributed by atoms with Gasteiger partial charge in [0.25, 0.3) is 0 Å². The molecule has 0 fully saturated rings. The van der Waals surface area contributed by atoms with Crippen LogP contribution in [0.2, 0.25) is 0 Å². The molecule has 2 aromatic carbocycles. The number of aliphatic hydroxyl groups excluding tert-OH is 1. The minimum Gasteiger partial charge on any atom is -0.427 e. The highest BCUT2D eigenvalue weighted by molar-refractivity contribution is 6.80. The summed E-state index contributed by atoms with van der Waals surface area (Å²) in [5.41, 5.74) is 7.67. The lowest BCUT2D eigenvalue weighted by atomic mass is 9.55. The van der Waals surface area contributed by atoms with Crippen molar-refractivity contribution in [2.24, 2.45) is 5.73 Å². The fourth-order valence-electron chi connectivity index (χ4n) is 3.28. The first-order valence-corrected chi connectivity index (χ1v) is 11.8. The normalized spacial score (nSPS) is 11.5. The zero-order chi connectivity index (χ0) is 21.9. The molecule has 2 aromatic rings. The lowest BCUT2D eigenvalue weighted by molar-refractivity contribution is 0.157. The largest absolute Gasteiger partial charge is 0.427 e. The number of benzene rings is 2. The van der Waals surface area contributed by atoms with Crippen molar-refractivity contribution in [3.8, 4) is 0 Å². The zero-order valence-electron chi connectivity index (χ0n) is 19.1. The van der Waals surface area contributed by atoms with Crippen LogP contribution in [0.4, 0.5) is 0 Å². The van der Waals surface area contributed by atoms with Gasteiger partial charge in [0.2, 0.25) is 0 Å².